The summed E-state index contributed by atoms with van der Waals surface area (Å²) in [7, 11) is 0. The van der Waals surface area contributed by atoms with E-state index in [9.17, 15) is 9.18 Å². The number of pyridine rings is 1. The summed E-state index contributed by atoms with van der Waals surface area (Å²) < 4.78 is 27.2. The van der Waals surface area contributed by atoms with Crippen molar-refractivity contribution in [3.8, 4) is 17.2 Å². The molecule has 0 bridgehead atoms. The number of hydrogen-bond donors (Lipinski definition) is 0. The molecule has 0 radical (unpaired) electrons. The standard InChI is InChI=1S/C16H14FN3O3/c1-2-5-19-12-6-10(17)8-18-15(12)20(16(19)21)11-3-4-13-14(7-11)23-9-22-13/h3-4,6-8H,2,5,9H2,1H3. The van der Waals surface area contributed by atoms with Gasteiger partial charge in [-0.15, -0.1) is 0 Å². The summed E-state index contributed by atoms with van der Waals surface area (Å²) in [5, 5.41) is 0. The number of nitrogens with zero attached hydrogens (tertiary/aromatic N) is 3. The predicted octanol–water partition coefficient (Wildman–Crippen LogP) is 2.46. The highest BCUT2D eigenvalue weighted by Crippen LogP contribution is 2.34. The van der Waals surface area contributed by atoms with Crippen LogP contribution in [0.1, 0.15) is 13.3 Å². The van der Waals surface area contributed by atoms with Crippen LogP contribution >= 0.6 is 0 Å². The Morgan fingerprint density at radius 2 is 2.09 bits per heavy atom. The fourth-order valence-corrected chi connectivity index (χ4v) is 2.80. The summed E-state index contributed by atoms with van der Waals surface area (Å²) in [5.41, 5.74) is 1.26. The maximum atomic E-state index is 13.6. The molecule has 1 aromatic carbocycles. The second-order valence-corrected chi connectivity index (χ2v) is 5.30. The zero-order valence-corrected chi connectivity index (χ0v) is 12.5. The first-order valence-corrected chi connectivity index (χ1v) is 7.36. The minimum atomic E-state index is -0.467. The molecule has 23 heavy (non-hydrogen) atoms. The Bertz CT molecular complexity index is 961. The van der Waals surface area contributed by atoms with E-state index in [1.165, 1.54) is 15.2 Å². The van der Waals surface area contributed by atoms with E-state index in [1.54, 1.807) is 18.2 Å². The Morgan fingerprint density at radius 3 is 2.91 bits per heavy atom. The van der Waals surface area contributed by atoms with Crippen molar-refractivity contribution in [3.05, 3.63) is 46.8 Å². The molecule has 0 fully saturated rings. The van der Waals surface area contributed by atoms with Crippen molar-refractivity contribution >= 4 is 11.2 Å². The van der Waals surface area contributed by atoms with Crippen LogP contribution in [0.2, 0.25) is 0 Å². The lowest BCUT2D eigenvalue weighted by Gasteiger charge is -2.04. The van der Waals surface area contributed by atoms with E-state index in [-0.39, 0.29) is 12.5 Å². The molecule has 0 N–H and O–H groups in total. The highest BCUT2D eigenvalue weighted by molar-refractivity contribution is 5.74. The van der Waals surface area contributed by atoms with Gasteiger partial charge in [0.2, 0.25) is 6.79 Å². The number of rotatable bonds is 3. The van der Waals surface area contributed by atoms with Crippen molar-refractivity contribution in [2.45, 2.75) is 19.9 Å². The Kier molecular flexibility index (Phi) is 3.07. The monoisotopic (exact) mass is 315 g/mol. The normalized spacial score (nSPS) is 13.0. The third-order valence-corrected chi connectivity index (χ3v) is 3.80. The first kappa shape index (κ1) is 13.8. The summed E-state index contributed by atoms with van der Waals surface area (Å²) in [6.07, 6.45) is 1.87. The highest BCUT2D eigenvalue weighted by Gasteiger charge is 2.19. The number of aromatic nitrogens is 3. The van der Waals surface area contributed by atoms with Crippen molar-refractivity contribution < 1.29 is 13.9 Å². The third kappa shape index (κ3) is 2.08. The van der Waals surface area contributed by atoms with Gasteiger partial charge < -0.3 is 9.47 Å². The van der Waals surface area contributed by atoms with Crippen LogP contribution in [0.5, 0.6) is 11.5 Å². The van der Waals surface area contributed by atoms with Gasteiger partial charge in [-0.25, -0.2) is 18.7 Å². The van der Waals surface area contributed by atoms with Gasteiger partial charge in [-0.3, -0.25) is 4.57 Å². The molecule has 0 saturated carbocycles. The van der Waals surface area contributed by atoms with E-state index in [1.807, 2.05) is 6.92 Å². The Labute approximate surface area is 130 Å². The molecule has 6 nitrogen and oxygen atoms in total. The second kappa shape index (κ2) is 5.12. The van der Waals surface area contributed by atoms with Crippen LogP contribution in [0.4, 0.5) is 4.39 Å². The molecule has 0 atom stereocenters. The number of halogens is 1. The van der Waals surface area contributed by atoms with Crippen LogP contribution in [0.25, 0.3) is 16.9 Å². The SMILES string of the molecule is CCCn1c(=O)n(-c2ccc3c(c2)OCO3)c2ncc(F)cc21. The van der Waals surface area contributed by atoms with Crippen LogP contribution in [0, 0.1) is 5.82 Å². The fraction of sp³-hybridized carbons (Fsp3) is 0.250. The molecule has 4 rings (SSSR count). The lowest BCUT2D eigenvalue weighted by atomic mass is 10.2. The fourth-order valence-electron chi connectivity index (χ4n) is 2.80. The molecule has 118 valence electrons. The molecule has 0 spiro atoms. The maximum Gasteiger partial charge on any atom is 0.334 e. The van der Waals surface area contributed by atoms with E-state index in [4.69, 9.17) is 9.47 Å². The zero-order valence-electron chi connectivity index (χ0n) is 12.5. The van der Waals surface area contributed by atoms with E-state index in [2.05, 4.69) is 4.98 Å². The Morgan fingerprint density at radius 1 is 1.26 bits per heavy atom. The summed E-state index contributed by atoms with van der Waals surface area (Å²) in [6.45, 7) is 2.62. The van der Waals surface area contributed by atoms with Gasteiger partial charge in [-0.1, -0.05) is 6.92 Å². The van der Waals surface area contributed by atoms with E-state index < -0.39 is 5.82 Å². The molecule has 0 aliphatic carbocycles. The average molecular weight is 315 g/mol. The number of benzene rings is 1. The quantitative estimate of drug-likeness (QED) is 0.745. The van der Waals surface area contributed by atoms with Crippen molar-refractivity contribution in [1.82, 2.24) is 14.1 Å². The van der Waals surface area contributed by atoms with Crippen LogP contribution in [-0.2, 0) is 6.54 Å². The number of imidazole rings is 1. The van der Waals surface area contributed by atoms with E-state index in [0.29, 0.717) is 34.9 Å². The van der Waals surface area contributed by atoms with Crippen LogP contribution in [-0.4, -0.2) is 20.9 Å². The molecular weight excluding hydrogens is 301 g/mol. The average Bonchev–Trinajstić information content (AvgIpc) is 3.11. The lowest BCUT2D eigenvalue weighted by Crippen LogP contribution is -2.23. The molecule has 0 amide bonds. The van der Waals surface area contributed by atoms with Gasteiger partial charge in [0.15, 0.2) is 17.1 Å². The minimum absolute atomic E-state index is 0.161. The van der Waals surface area contributed by atoms with Gasteiger partial charge in [0.05, 0.1) is 17.4 Å². The largest absolute Gasteiger partial charge is 0.454 e. The molecule has 2 aromatic heterocycles. The predicted molar refractivity (Wildman–Crippen MR) is 81.7 cm³/mol. The molecule has 7 heteroatoms. The summed E-state index contributed by atoms with van der Waals surface area (Å²) >= 11 is 0. The minimum Gasteiger partial charge on any atom is -0.454 e. The van der Waals surface area contributed by atoms with E-state index in [0.717, 1.165) is 12.6 Å². The molecule has 0 unspecified atom stereocenters. The maximum absolute atomic E-state index is 13.6. The summed E-state index contributed by atoms with van der Waals surface area (Å²) in [4.78, 5) is 16.9. The van der Waals surface area contributed by atoms with Crippen LogP contribution in [0.3, 0.4) is 0 Å². The Balaban J connectivity index is 2.00. The first-order chi connectivity index (χ1) is 11.2. The topological polar surface area (TPSA) is 58.3 Å². The number of hydrogen-bond acceptors (Lipinski definition) is 4. The van der Waals surface area contributed by atoms with Gasteiger partial charge in [0, 0.05) is 18.7 Å². The molecule has 1 aliphatic heterocycles. The molecule has 0 saturated heterocycles. The van der Waals surface area contributed by atoms with Crippen LogP contribution < -0.4 is 15.2 Å². The highest BCUT2D eigenvalue weighted by atomic mass is 19.1. The van der Waals surface area contributed by atoms with Crippen molar-refractivity contribution in [1.29, 1.82) is 0 Å². The number of fused-ring (bicyclic) bond motifs is 2. The molecule has 3 aromatic rings. The summed E-state index contributed by atoms with van der Waals surface area (Å²) in [5.74, 6) is 0.746. The van der Waals surface area contributed by atoms with Crippen molar-refractivity contribution in [3.63, 3.8) is 0 Å². The zero-order chi connectivity index (χ0) is 16.0. The van der Waals surface area contributed by atoms with Gasteiger partial charge in [0.25, 0.3) is 0 Å². The smallest absolute Gasteiger partial charge is 0.334 e. The Hall–Kier alpha value is -2.83. The van der Waals surface area contributed by atoms with Gasteiger partial charge in [0.1, 0.15) is 5.82 Å². The van der Waals surface area contributed by atoms with E-state index >= 15 is 0 Å². The lowest BCUT2D eigenvalue weighted by molar-refractivity contribution is 0.174. The molecular formula is C16H14FN3O3. The van der Waals surface area contributed by atoms with Gasteiger partial charge in [-0.05, 0) is 18.6 Å². The van der Waals surface area contributed by atoms with Gasteiger partial charge >= 0.3 is 5.69 Å². The number of aryl methyl sites for hydroxylation is 1. The third-order valence-electron chi connectivity index (χ3n) is 3.80. The second-order valence-electron chi connectivity index (χ2n) is 5.30. The first-order valence-electron chi connectivity index (χ1n) is 7.36. The molecule has 3 heterocycles. The van der Waals surface area contributed by atoms with Gasteiger partial charge in [-0.2, -0.15) is 0 Å². The number of ether oxygens (including phenoxy) is 2. The van der Waals surface area contributed by atoms with Crippen molar-refractivity contribution in [2.24, 2.45) is 0 Å². The summed E-state index contributed by atoms with van der Waals surface area (Å²) in [6, 6.07) is 6.57. The molecule has 1 aliphatic rings. The van der Waals surface area contributed by atoms with Crippen LogP contribution in [0.15, 0.2) is 35.3 Å². The van der Waals surface area contributed by atoms with Crippen molar-refractivity contribution in [2.75, 3.05) is 6.79 Å².